The molecule has 1 aromatic heterocycles. The van der Waals surface area contributed by atoms with E-state index in [0.29, 0.717) is 33.6 Å². The van der Waals surface area contributed by atoms with Crippen molar-refractivity contribution in [3.63, 3.8) is 0 Å². The molecule has 2 heterocycles. The number of allylic oxidation sites excluding steroid dienone is 1. The van der Waals surface area contributed by atoms with Crippen molar-refractivity contribution in [2.45, 2.75) is 38.9 Å². The van der Waals surface area contributed by atoms with Crippen molar-refractivity contribution >= 4 is 35.0 Å². The molecule has 182 valence electrons. The number of anilines is 2. The lowest BCUT2D eigenvalue weighted by molar-refractivity contribution is -0.385. The summed E-state index contributed by atoms with van der Waals surface area (Å²) in [6.45, 7) is 7.70. The molecule has 4 rings (SSSR count). The maximum Gasteiger partial charge on any atom is 0.311 e. The molecule has 1 atom stereocenters. The third-order valence-corrected chi connectivity index (χ3v) is 6.64. The smallest absolute Gasteiger partial charge is 0.311 e. The molecule has 0 fully saturated rings. The van der Waals surface area contributed by atoms with Gasteiger partial charge >= 0.3 is 5.69 Å². The van der Waals surface area contributed by atoms with Gasteiger partial charge in [-0.15, -0.1) is 5.10 Å². The fraction of sp³-hybridized carbons (Fsp3) is 0.292. The molecule has 2 N–H and O–H groups in total. The minimum absolute atomic E-state index is 0.135. The molecule has 0 aliphatic carbocycles. The number of amides is 1. The average molecular weight is 495 g/mol. The zero-order valence-electron chi connectivity index (χ0n) is 20.1. The maximum absolute atomic E-state index is 13.7. The molecule has 35 heavy (non-hydrogen) atoms. The van der Waals surface area contributed by atoms with Crippen LogP contribution in [0.3, 0.4) is 0 Å². The Morgan fingerprint density at radius 1 is 1.29 bits per heavy atom. The van der Waals surface area contributed by atoms with Crippen LogP contribution in [0.25, 0.3) is 0 Å². The number of carbonyl (C=O) groups excluding carboxylic acids is 1. The lowest BCUT2D eigenvalue weighted by atomic mass is 9.94. The first-order valence-corrected chi connectivity index (χ1v) is 12.0. The van der Waals surface area contributed by atoms with Gasteiger partial charge in [0.05, 0.1) is 17.6 Å². The van der Waals surface area contributed by atoms with E-state index in [1.54, 1.807) is 17.7 Å². The molecule has 2 aromatic carbocycles. The Labute approximate surface area is 206 Å². The molecule has 1 aliphatic heterocycles. The van der Waals surface area contributed by atoms with Gasteiger partial charge in [-0.05, 0) is 55.3 Å². The molecule has 1 unspecified atom stereocenters. The van der Waals surface area contributed by atoms with Gasteiger partial charge < -0.3 is 15.4 Å². The SMILES string of the molecule is CCSc1nc2n(n1)C(c1ccc(OC)c([N+](=O)[O-])c1)C(C(=O)Nc1cccc(C)c1C)=C(C)N2. The molecule has 1 amide bonds. The number of methoxy groups -OCH3 is 1. The van der Waals surface area contributed by atoms with E-state index < -0.39 is 11.0 Å². The molecule has 1 aliphatic rings. The number of nitrogens with one attached hydrogen (secondary N) is 2. The molecule has 10 nitrogen and oxygen atoms in total. The lowest BCUT2D eigenvalue weighted by Gasteiger charge is -2.29. The summed E-state index contributed by atoms with van der Waals surface area (Å²) in [5.74, 6) is 1.04. The average Bonchev–Trinajstić information content (AvgIpc) is 3.22. The second kappa shape index (κ2) is 9.79. The zero-order chi connectivity index (χ0) is 25.3. The third-order valence-electron chi connectivity index (χ3n) is 5.92. The van der Waals surface area contributed by atoms with Crippen LogP contribution in [0.4, 0.5) is 17.3 Å². The van der Waals surface area contributed by atoms with Gasteiger partial charge in [0.25, 0.3) is 5.91 Å². The number of fused-ring (bicyclic) bond motifs is 1. The Kier molecular flexibility index (Phi) is 6.79. The largest absolute Gasteiger partial charge is 0.490 e. The second-order valence-corrected chi connectivity index (χ2v) is 9.28. The Morgan fingerprint density at radius 2 is 2.06 bits per heavy atom. The van der Waals surface area contributed by atoms with E-state index in [1.807, 2.05) is 39.0 Å². The predicted octanol–water partition coefficient (Wildman–Crippen LogP) is 4.85. The first kappa shape index (κ1) is 24.3. The van der Waals surface area contributed by atoms with Gasteiger partial charge in [0.15, 0.2) is 5.75 Å². The first-order valence-electron chi connectivity index (χ1n) is 11.0. The van der Waals surface area contributed by atoms with Crippen LogP contribution in [0.15, 0.2) is 52.8 Å². The number of ether oxygens (including phenoxy) is 1. The summed E-state index contributed by atoms with van der Waals surface area (Å²) in [6, 6.07) is 9.63. The molecule has 0 saturated carbocycles. The maximum atomic E-state index is 13.7. The normalized spacial score (nSPS) is 14.8. The van der Waals surface area contributed by atoms with Crippen molar-refractivity contribution in [1.29, 1.82) is 0 Å². The van der Waals surface area contributed by atoms with Crippen LogP contribution in [0.5, 0.6) is 5.75 Å². The highest BCUT2D eigenvalue weighted by molar-refractivity contribution is 7.99. The fourth-order valence-electron chi connectivity index (χ4n) is 4.02. The van der Waals surface area contributed by atoms with Gasteiger partial charge in [0.1, 0.15) is 6.04 Å². The van der Waals surface area contributed by atoms with Gasteiger partial charge in [0, 0.05) is 17.5 Å². The van der Waals surface area contributed by atoms with Crippen LogP contribution >= 0.6 is 11.8 Å². The van der Waals surface area contributed by atoms with Crippen LogP contribution in [0.2, 0.25) is 0 Å². The molecular formula is C24H26N6O4S. The third kappa shape index (κ3) is 4.59. The minimum Gasteiger partial charge on any atom is -0.490 e. The van der Waals surface area contributed by atoms with Gasteiger partial charge in [-0.1, -0.05) is 36.9 Å². The van der Waals surface area contributed by atoms with E-state index in [4.69, 9.17) is 4.74 Å². The van der Waals surface area contributed by atoms with Gasteiger partial charge in [0.2, 0.25) is 11.1 Å². The van der Waals surface area contributed by atoms with E-state index in [0.717, 1.165) is 16.9 Å². The summed E-state index contributed by atoms with van der Waals surface area (Å²) in [7, 11) is 1.38. The van der Waals surface area contributed by atoms with Crippen LogP contribution in [-0.4, -0.2) is 38.5 Å². The number of rotatable bonds is 7. The second-order valence-electron chi connectivity index (χ2n) is 8.05. The van der Waals surface area contributed by atoms with Crippen LogP contribution in [0, 0.1) is 24.0 Å². The van der Waals surface area contributed by atoms with Crippen LogP contribution in [0.1, 0.15) is 36.6 Å². The van der Waals surface area contributed by atoms with Gasteiger partial charge in [-0.2, -0.15) is 4.98 Å². The highest BCUT2D eigenvalue weighted by Gasteiger charge is 2.35. The number of hydrogen-bond donors (Lipinski definition) is 2. The summed E-state index contributed by atoms with van der Waals surface area (Å²) >= 11 is 1.47. The number of carbonyl (C=O) groups is 1. The highest BCUT2D eigenvalue weighted by atomic mass is 32.2. The van der Waals surface area contributed by atoms with Crippen LogP contribution in [-0.2, 0) is 4.79 Å². The number of aryl methyl sites for hydroxylation is 1. The fourth-order valence-corrected chi connectivity index (χ4v) is 4.57. The monoisotopic (exact) mass is 494 g/mol. The van der Waals surface area contributed by atoms with Crippen molar-refractivity contribution < 1.29 is 14.5 Å². The topological polar surface area (TPSA) is 124 Å². The van der Waals surface area contributed by atoms with E-state index >= 15 is 0 Å². The molecule has 11 heteroatoms. The molecule has 0 radical (unpaired) electrons. The molecule has 0 spiro atoms. The molecule has 3 aromatic rings. The van der Waals surface area contributed by atoms with E-state index in [-0.39, 0.29) is 17.3 Å². The summed E-state index contributed by atoms with van der Waals surface area (Å²) in [5, 5.41) is 23.1. The number of benzene rings is 2. The summed E-state index contributed by atoms with van der Waals surface area (Å²) < 4.78 is 6.78. The Morgan fingerprint density at radius 3 is 2.74 bits per heavy atom. The van der Waals surface area contributed by atoms with Crippen molar-refractivity contribution in [2.24, 2.45) is 0 Å². The zero-order valence-corrected chi connectivity index (χ0v) is 20.9. The van der Waals surface area contributed by atoms with E-state index in [1.165, 1.54) is 31.0 Å². The standard InChI is InChI=1S/C24H26N6O4S/c1-6-35-24-27-23-25-15(4)20(22(31)26-17-9-7-8-13(2)14(17)3)21(29(23)28-24)16-10-11-19(34-5)18(12-16)30(32)33/h7-12,21H,6H2,1-5H3,(H,26,31)(H,25,27,28). The lowest BCUT2D eigenvalue weighted by Crippen LogP contribution is -2.31. The van der Waals surface area contributed by atoms with Gasteiger partial charge in [-0.25, -0.2) is 4.68 Å². The Bertz CT molecular complexity index is 1350. The number of nitro groups is 1. The molecule has 0 bridgehead atoms. The van der Waals surface area contributed by atoms with Crippen molar-refractivity contribution in [2.75, 3.05) is 23.5 Å². The Balaban J connectivity index is 1.85. The van der Waals surface area contributed by atoms with Crippen molar-refractivity contribution in [3.05, 3.63) is 74.5 Å². The van der Waals surface area contributed by atoms with E-state index in [2.05, 4.69) is 20.7 Å². The summed E-state index contributed by atoms with van der Waals surface area (Å²) in [5.41, 5.74) is 4.00. The predicted molar refractivity (Wildman–Crippen MR) is 135 cm³/mol. The Hall–Kier alpha value is -3.86. The van der Waals surface area contributed by atoms with Crippen LogP contribution < -0.4 is 15.4 Å². The highest BCUT2D eigenvalue weighted by Crippen LogP contribution is 2.39. The first-order chi connectivity index (χ1) is 16.7. The number of aromatic nitrogens is 3. The molecule has 0 saturated heterocycles. The number of nitrogens with zero attached hydrogens (tertiary/aromatic N) is 4. The van der Waals surface area contributed by atoms with E-state index in [9.17, 15) is 14.9 Å². The quantitative estimate of drug-likeness (QED) is 0.271. The van der Waals surface area contributed by atoms with Crippen molar-refractivity contribution in [3.8, 4) is 5.75 Å². The molecular weight excluding hydrogens is 468 g/mol. The van der Waals surface area contributed by atoms with Gasteiger partial charge in [-0.3, -0.25) is 14.9 Å². The summed E-state index contributed by atoms with van der Waals surface area (Å²) in [4.78, 5) is 29.4. The minimum atomic E-state index is -0.736. The number of hydrogen-bond acceptors (Lipinski definition) is 8. The van der Waals surface area contributed by atoms with Crippen molar-refractivity contribution in [1.82, 2.24) is 14.8 Å². The number of nitro benzene ring substituents is 1. The number of thioether (sulfide) groups is 1. The summed E-state index contributed by atoms with van der Waals surface area (Å²) in [6.07, 6.45) is 0.